The SMILES string of the molecule is C=C(OC1CCCCC1)C1C=CCO1. The molecule has 2 nitrogen and oxygen atoms in total. The van der Waals surface area contributed by atoms with E-state index in [1.165, 1.54) is 32.1 Å². The predicted octanol–water partition coefficient (Wildman–Crippen LogP) is 2.80. The molecular formula is C12H18O2. The number of hydrogen-bond donors (Lipinski definition) is 0. The molecule has 1 aliphatic carbocycles. The van der Waals surface area contributed by atoms with Gasteiger partial charge >= 0.3 is 0 Å². The van der Waals surface area contributed by atoms with Crippen LogP contribution in [0.25, 0.3) is 0 Å². The second-order valence-corrected chi connectivity index (χ2v) is 4.03. The van der Waals surface area contributed by atoms with E-state index in [9.17, 15) is 0 Å². The minimum absolute atomic E-state index is 0.00285. The van der Waals surface area contributed by atoms with E-state index in [0.29, 0.717) is 12.7 Å². The lowest BCUT2D eigenvalue weighted by molar-refractivity contribution is 0.0304. The molecule has 2 aliphatic rings. The molecule has 14 heavy (non-hydrogen) atoms. The maximum Gasteiger partial charge on any atom is 0.132 e. The molecule has 0 N–H and O–H groups in total. The number of ether oxygens (including phenoxy) is 2. The first-order chi connectivity index (χ1) is 6.86. The van der Waals surface area contributed by atoms with E-state index in [4.69, 9.17) is 9.47 Å². The van der Waals surface area contributed by atoms with Crippen molar-refractivity contribution in [2.45, 2.75) is 44.3 Å². The summed E-state index contributed by atoms with van der Waals surface area (Å²) >= 11 is 0. The zero-order chi connectivity index (χ0) is 9.80. The molecule has 0 radical (unpaired) electrons. The Hall–Kier alpha value is -0.760. The van der Waals surface area contributed by atoms with Crippen molar-refractivity contribution in [3.05, 3.63) is 24.5 Å². The molecule has 0 bridgehead atoms. The van der Waals surface area contributed by atoms with Gasteiger partial charge in [0, 0.05) is 0 Å². The van der Waals surface area contributed by atoms with Crippen LogP contribution < -0.4 is 0 Å². The summed E-state index contributed by atoms with van der Waals surface area (Å²) in [6, 6.07) is 0. The first kappa shape index (κ1) is 9.78. The molecule has 1 saturated carbocycles. The molecule has 0 aromatic heterocycles. The first-order valence-corrected chi connectivity index (χ1v) is 5.50. The Labute approximate surface area is 85.6 Å². The predicted molar refractivity (Wildman–Crippen MR) is 56.0 cm³/mol. The molecule has 1 atom stereocenters. The molecule has 0 spiro atoms. The summed E-state index contributed by atoms with van der Waals surface area (Å²) < 4.78 is 11.2. The van der Waals surface area contributed by atoms with Crippen LogP contribution >= 0.6 is 0 Å². The molecule has 1 heterocycles. The van der Waals surface area contributed by atoms with Crippen LogP contribution in [-0.4, -0.2) is 18.8 Å². The van der Waals surface area contributed by atoms with Gasteiger partial charge < -0.3 is 9.47 Å². The molecule has 1 aliphatic heterocycles. The second kappa shape index (κ2) is 4.65. The van der Waals surface area contributed by atoms with Crippen LogP contribution in [0.1, 0.15) is 32.1 Å². The topological polar surface area (TPSA) is 18.5 Å². The molecule has 0 aromatic carbocycles. The molecular weight excluding hydrogens is 176 g/mol. The Bertz CT molecular complexity index is 226. The van der Waals surface area contributed by atoms with Gasteiger partial charge in [0.05, 0.1) is 12.7 Å². The van der Waals surface area contributed by atoms with Crippen LogP contribution in [0.4, 0.5) is 0 Å². The van der Waals surface area contributed by atoms with Crippen molar-refractivity contribution in [2.24, 2.45) is 0 Å². The van der Waals surface area contributed by atoms with Crippen LogP contribution in [0.5, 0.6) is 0 Å². The quantitative estimate of drug-likeness (QED) is 0.508. The first-order valence-electron chi connectivity index (χ1n) is 5.50. The third-order valence-electron chi connectivity index (χ3n) is 2.87. The van der Waals surface area contributed by atoms with Crippen LogP contribution in [0, 0.1) is 0 Å². The Balaban J connectivity index is 1.78. The second-order valence-electron chi connectivity index (χ2n) is 4.03. The van der Waals surface area contributed by atoms with Gasteiger partial charge in [-0.15, -0.1) is 0 Å². The zero-order valence-electron chi connectivity index (χ0n) is 8.58. The van der Waals surface area contributed by atoms with Crippen LogP contribution in [0.3, 0.4) is 0 Å². The van der Waals surface area contributed by atoms with Crippen molar-refractivity contribution in [3.63, 3.8) is 0 Å². The molecule has 0 aromatic rings. The normalized spacial score (nSPS) is 27.9. The lowest BCUT2D eigenvalue weighted by Gasteiger charge is -2.25. The summed E-state index contributed by atoms with van der Waals surface area (Å²) in [5.41, 5.74) is 0. The van der Waals surface area contributed by atoms with Crippen molar-refractivity contribution < 1.29 is 9.47 Å². The lowest BCUT2D eigenvalue weighted by atomic mass is 9.98. The highest BCUT2D eigenvalue weighted by molar-refractivity contribution is 5.10. The van der Waals surface area contributed by atoms with Gasteiger partial charge in [0.15, 0.2) is 0 Å². The minimum atomic E-state index is -0.00285. The van der Waals surface area contributed by atoms with Gasteiger partial charge in [-0.25, -0.2) is 0 Å². The van der Waals surface area contributed by atoms with Crippen molar-refractivity contribution in [1.82, 2.24) is 0 Å². The third-order valence-corrected chi connectivity index (χ3v) is 2.87. The lowest BCUT2D eigenvalue weighted by Crippen LogP contribution is -2.20. The average molecular weight is 194 g/mol. The van der Waals surface area contributed by atoms with Gasteiger partial charge in [-0.3, -0.25) is 0 Å². The Morgan fingerprint density at radius 1 is 1.29 bits per heavy atom. The Morgan fingerprint density at radius 3 is 2.71 bits per heavy atom. The van der Waals surface area contributed by atoms with E-state index in [1.54, 1.807) is 0 Å². The van der Waals surface area contributed by atoms with Gasteiger partial charge in [-0.2, -0.15) is 0 Å². The van der Waals surface area contributed by atoms with Gasteiger partial charge in [-0.05, 0) is 25.7 Å². The largest absolute Gasteiger partial charge is 0.492 e. The van der Waals surface area contributed by atoms with Crippen LogP contribution in [0.2, 0.25) is 0 Å². The fourth-order valence-corrected chi connectivity index (χ4v) is 2.06. The molecule has 2 rings (SSSR count). The number of rotatable bonds is 3. The van der Waals surface area contributed by atoms with Crippen LogP contribution in [-0.2, 0) is 9.47 Å². The fourth-order valence-electron chi connectivity index (χ4n) is 2.06. The molecule has 0 saturated heterocycles. The summed E-state index contributed by atoms with van der Waals surface area (Å²) in [7, 11) is 0. The highest BCUT2D eigenvalue weighted by atomic mass is 16.5. The smallest absolute Gasteiger partial charge is 0.132 e. The Morgan fingerprint density at radius 2 is 2.07 bits per heavy atom. The summed E-state index contributed by atoms with van der Waals surface area (Å²) in [6.07, 6.45) is 10.7. The van der Waals surface area contributed by atoms with Crippen molar-refractivity contribution in [1.29, 1.82) is 0 Å². The molecule has 1 fully saturated rings. The monoisotopic (exact) mass is 194 g/mol. The zero-order valence-corrected chi connectivity index (χ0v) is 8.58. The molecule has 1 unspecified atom stereocenters. The molecule has 0 amide bonds. The average Bonchev–Trinajstić information content (AvgIpc) is 2.72. The van der Waals surface area contributed by atoms with Crippen molar-refractivity contribution in [2.75, 3.05) is 6.61 Å². The van der Waals surface area contributed by atoms with E-state index >= 15 is 0 Å². The van der Waals surface area contributed by atoms with E-state index in [0.717, 1.165) is 5.76 Å². The fraction of sp³-hybridized carbons (Fsp3) is 0.667. The number of hydrogen-bond acceptors (Lipinski definition) is 2. The van der Waals surface area contributed by atoms with Crippen molar-refractivity contribution >= 4 is 0 Å². The third kappa shape index (κ3) is 2.38. The molecule has 2 heteroatoms. The maximum absolute atomic E-state index is 5.80. The standard InChI is InChI=1S/C12H18O2/c1-10(12-8-5-9-13-12)14-11-6-3-2-4-7-11/h5,8,11-12H,1-4,6-7,9H2. The highest BCUT2D eigenvalue weighted by Gasteiger charge is 2.20. The van der Waals surface area contributed by atoms with Gasteiger partial charge in [-0.1, -0.05) is 25.2 Å². The van der Waals surface area contributed by atoms with Gasteiger partial charge in [0.1, 0.15) is 11.9 Å². The van der Waals surface area contributed by atoms with E-state index in [2.05, 4.69) is 6.58 Å². The summed E-state index contributed by atoms with van der Waals surface area (Å²) in [5, 5.41) is 0. The summed E-state index contributed by atoms with van der Waals surface area (Å²) in [5.74, 6) is 0.783. The summed E-state index contributed by atoms with van der Waals surface area (Å²) in [4.78, 5) is 0. The Kier molecular flexibility index (Phi) is 3.25. The van der Waals surface area contributed by atoms with Gasteiger partial charge in [0.2, 0.25) is 0 Å². The van der Waals surface area contributed by atoms with E-state index in [-0.39, 0.29) is 6.10 Å². The van der Waals surface area contributed by atoms with Gasteiger partial charge in [0.25, 0.3) is 0 Å². The highest BCUT2D eigenvalue weighted by Crippen LogP contribution is 2.24. The maximum atomic E-state index is 5.80. The van der Waals surface area contributed by atoms with E-state index < -0.39 is 0 Å². The minimum Gasteiger partial charge on any atom is -0.492 e. The molecule has 78 valence electrons. The van der Waals surface area contributed by atoms with Crippen molar-refractivity contribution in [3.8, 4) is 0 Å². The van der Waals surface area contributed by atoms with E-state index in [1.807, 2.05) is 12.2 Å². The van der Waals surface area contributed by atoms with Crippen LogP contribution in [0.15, 0.2) is 24.5 Å². The summed E-state index contributed by atoms with van der Waals surface area (Å²) in [6.45, 7) is 4.62.